The fraction of sp³-hybridized carbons (Fsp3) is 0.0435. The lowest BCUT2D eigenvalue weighted by Crippen LogP contribution is -2.15. The first-order chi connectivity index (χ1) is 13.7. The molecule has 3 aromatic carbocycles. The molecule has 0 bridgehead atoms. The number of para-hydroxylation sites is 1. The lowest BCUT2D eigenvalue weighted by atomic mass is 10.1. The minimum absolute atomic E-state index is 0. The van der Waals surface area contributed by atoms with Crippen LogP contribution in [0.3, 0.4) is 0 Å². The third-order valence-corrected chi connectivity index (χ3v) is 4.45. The predicted molar refractivity (Wildman–Crippen MR) is 119 cm³/mol. The van der Waals surface area contributed by atoms with Crippen molar-refractivity contribution in [2.24, 2.45) is 0 Å². The number of rotatable bonds is 5. The van der Waals surface area contributed by atoms with Crippen LogP contribution in [-0.2, 0) is 6.61 Å². The predicted octanol–water partition coefficient (Wildman–Crippen LogP) is 5.07. The van der Waals surface area contributed by atoms with Crippen LogP contribution in [0.15, 0.2) is 85.1 Å². The van der Waals surface area contributed by atoms with E-state index in [1.807, 2.05) is 72.8 Å². The molecule has 4 rings (SSSR count). The molecule has 4 aromatic rings. The Balaban J connectivity index is 0.00000240. The molecule has 0 aliphatic heterocycles. The second kappa shape index (κ2) is 9.08. The molecule has 0 aliphatic carbocycles. The zero-order valence-electron chi connectivity index (χ0n) is 15.5. The van der Waals surface area contributed by atoms with E-state index in [1.165, 1.54) is 0 Å². The maximum atomic E-state index is 12.9. The smallest absolute Gasteiger partial charge is 0.256 e. The first kappa shape index (κ1) is 20.2. The van der Waals surface area contributed by atoms with Crippen LogP contribution in [0.1, 0.15) is 15.9 Å². The number of nitrogens with zero attached hydrogens (tertiary/aromatic N) is 1. The number of nitrogen functional groups attached to an aromatic ring is 1. The van der Waals surface area contributed by atoms with Gasteiger partial charge < -0.3 is 15.8 Å². The van der Waals surface area contributed by atoms with E-state index in [2.05, 4.69) is 10.3 Å². The van der Waals surface area contributed by atoms with Gasteiger partial charge in [0, 0.05) is 28.4 Å². The van der Waals surface area contributed by atoms with Gasteiger partial charge in [0.15, 0.2) is 0 Å². The Kier molecular flexibility index (Phi) is 6.32. The molecular weight excluding hydrogens is 386 g/mol. The Labute approximate surface area is 174 Å². The van der Waals surface area contributed by atoms with E-state index in [1.54, 1.807) is 12.3 Å². The number of fused-ring (bicyclic) bond motifs is 1. The molecule has 146 valence electrons. The van der Waals surface area contributed by atoms with Gasteiger partial charge >= 0.3 is 0 Å². The highest BCUT2D eigenvalue weighted by Crippen LogP contribution is 2.23. The first-order valence-corrected chi connectivity index (χ1v) is 8.92. The van der Waals surface area contributed by atoms with Crippen LogP contribution in [-0.4, -0.2) is 10.9 Å². The monoisotopic (exact) mass is 405 g/mol. The molecule has 6 heteroatoms. The number of amides is 1. The third-order valence-electron chi connectivity index (χ3n) is 4.45. The van der Waals surface area contributed by atoms with Crippen LogP contribution < -0.4 is 15.8 Å². The molecule has 0 saturated heterocycles. The molecule has 0 fully saturated rings. The highest BCUT2D eigenvalue weighted by Gasteiger charge is 2.12. The van der Waals surface area contributed by atoms with Crippen molar-refractivity contribution in [3.8, 4) is 5.75 Å². The van der Waals surface area contributed by atoms with Gasteiger partial charge in [-0.1, -0.05) is 42.5 Å². The number of nitrogens with two attached hydrogens (primary N) is 1. The van der Waals surface area contributed by atoms with Gasteiger partial charge in [-0.05, 0) is 41.8 Å². The SMILES string of the molecule is Cl.Nc1nccc2ccc(NC(=O)c3ccccc3COc3ccccc3)cc12. The summed E-state index contributed by atoms with van der Waals surface area (Å²) in [6, 6.07) is 24.4. The third kappa shape index (κ3) is 4.65. The molecule has 3 N–H and O–H groups in total. The summed E-state index contributed by atoms with van der Waals surface area (Å²) in [5.74, 6) is 0.995. The average Bonchev–Trinajstić information content (AvgIpc) is 2.74. The Morgan fingerprint density at radius 3 is 2.55 bits per heavy atom. The van der Waals surface area contributed by atoms with E-state index in [0.29, 0.717) is 23.7 Å². The van der Waals surface area contributed by atoms with Crippen molar-refractivity contribution in [2.45, 2.75) is 6.61 Å². The lowest BCUT2D eigenvalue weighted by Gasteiger charge is -2.12. The van der Waals surface area contributed by atoms with Gasteiger partial charge in [0.1, 0.15) is 18.2 Å². The molecule has 0 spiro atoms. The minimum Gasteiger partial charge on any atom is -0.489 e. The number of anilines is 2. The van der Waals surface area contributed by atoms with Crippen LogP contribution in [0.4, 0.5) is 11.5 Å². The molecule has 0 atom stereocenters. The molecule has 0 unspecified atom stereocenters. The summed E-state index contributed by atoms with van der Waals surface area (Å²) in [6.45, 7) is 0.308. The number of ether oxygens (including phenoxy) is 1. The van der Waals surface area contributed by atoms with E-state index in [4.69, 9.17) is 10.5 Å². The maximum Gasteiger partial charge on any atom is 0.256 e. The number of aromatic nitrogens is 1. The van der Waals surface area contributed by atoms with Crippen molar-refractivity contribution < 1.29 is 9.53 Å². The second-order valence-electron chi connectivity index (χ2n) is 6.35. The summed E-state index contributed by atoms with van der Waals surface area (Å²) in [5.41, 5.74) is 7.99. The number of carbonyl (C=O) groups is 1. The lowest BCUT2D eigenvalue weighted by molar-refractivity contribution is 0.102. The highest BCUT2D eigenvalue weighted by molar-refractivity contribution is 6.06. The van der Waals surface area contributed by atoms with Gasteiger partial charge in [-0.25, -0.2) is 4.98 Å². The van der Waals surface area contributed by atoms with Gasteiger partial charge in [0.25, 0.3) is 5.91 Å². The Bertz CT molecular complexity index is 1130. The normalized spacial score (nSPS) is 10.2. The van der Waals surface area contributed by atoms with Crippen LogP contribution in [0.25, 0.3) is 10.8 Å². The average molecular weight is 406 g/mol. The molecule has 0 radical (unpaired) electrons. The number of benzene rings is 3. The van der Waals surface area contributed by atoms with E-state index in [0.717, 1.165) is 22.1 Å². The fourth-order valence-electron chi connectivity index (χ4n) is 3.01. The zero-order valence-corrected chi connectivity index (χ0v) is 16.4. The number of pyridine rings is 1. The molecule has 1 amide bonds. The highest BCUT2D eigenvalue weighted by atomic mass is 35.5. The number of hydrogen-bond acceptors (Lipinski definition) is 4. The minimum atomic E-state index is -0.200. The van der Waals surface area contributed by atoms with Gasteiger partial charge in [-0.3, -0.25) is 4.79 Å². The van der Waals surface area contributed by atoms with E-state index in [9.17, 15) is 4.79 Å². The topological polar surface area (TPSA) is 77.2 Å². The van der Waals surface area contributed by atoms with Crippen LogP contribution >= 0.6 is 12.4 Å². The van der Waals surface area contributed by atoms with Crippen LogP contribution in [0, 0.1) is 0 Å². The molecule has 1 aromatic heterocycles. The number of carbonyl (C=O) groups excluding carboxylic acids is 1. The Morgan fingerprint density at radius 1 is 0.966 bits per heavy atom. The number of hydrogen-bond donors (Lipinski definition) is 2. The summed E-state index contributed by atoms with van der Waals surface area (Å²) in [6.07, 6.45) is 1.67. The van der Waals surface area contributed by atoms with Gasteiger partial charge in [0.05, 0.1) is 0 Å². The van der Waals surface area contributed by atoms with Gasteiger partial charge in [-0.15, -0.1) is 12.4 Å². The molecular formula is C23H20ClN3O2. The van der Waals surface area contributed by atoms with Gasteiger partial charge in [-0.2, -0.15) is 0 Å². The van der Waals surface area contributed by atoms with Crippen molar-refractivity contribution in [3.63, 3.8) is 0 Å². The summed E-state index contributed by atoms with van der Waals surface area (Å²) in [5, 5.41) is 4.72. The Morgan fingerprint density at radius 2 is 1.72 bits per heavy atom. The van der Waals surface area contributed by atoms with Crippen molar-refractivity contribution >= 4 is 40.6 Å². The summed E-state index contributed by atoms with van der Waals surface area (Å²) >= 11 is 0. The molecule has 5 nitrogen and oxygen atoms in total. The van der Waals surface area contributed by atoms with Crippen molar-refractivity contribution in [2.75, 3.05) is 11.1 Å². The zero-order chi connectivity index (χ0) is 19.3. The van der Waals surface area contributed by atoms with Crippen molar-refractivity contribution in [3.05, 3.63) is 96.2 Å². The van der Waals surface area contributed by atoms with E-state index < -0.39 is 0 Å². The molecule has 1 heterocycles. The Hall–Kier alpha value is -3.57. The van der Waals surface area contributed by atoms with Crippen molar-refractivity contribution in [1.82, 2.24) is 4.98 Å². The van der Waals surface area contributed by atoms with Crippen molar-refractivity contribution in [1.29, 1.82) is 0 Å². The first-order valence-electron chi connectivity index (χ1n) is 8.92. The van der Waals surface area contributed by atoms with Crippen LogP contribution in [0.5, 0.6) is 5.75 Å². The van der Waals surface area contributed by atoms with E-state index >= 15 is 0 Å². The summed E-state index contributed by atoms with van der Waals surface area (Å²) in [7, 11) is 0. The standard InChI is InChI=1S/C23H19N3O2.ClH/c24-22-21-14-18(11-10-16(21)12-13-25-22)26-23(27)20-9-5-4-6-17(20)15-28-19-7-2-1-3-8-19;/h1-14H,15H2,(H2,24,25)(H,26,27);1H. The molecule has 0 saturated carbocycles. The molecule has 0 aliphatic rings. The largest absolute Gasteiger partial charge is 0.489 e. The quantitative estimate of drug-likeness (QED) is 0.486. The summed E-state index contributed by atoms with van der Waals surface area (Å²) in [4.78, 5) is 17.0. The maximum absolute atomic E-state index is 12.9. The summed E-state index contributed by atoms with van der Waals surface area (Å²) < 4.78 is 5.80. The number of halogens is 1. The van der Waals surface area contributed by atoms with Crippen LogP contribution in [0.2, 0.25) is 0 Å². The molecule has 29 heavy (non-hydrogen) atoms. The number of nitrogens with one attached hydrogen (secondary N) is 1. The van der Waals surface area contributed by atoms with Gasteiger partial charge in [0.2, 0.25) is 0 Å². The second-order valence-corrected chi connectivity index (χ2v) is 6.35. The fourth-order valence-corrected chi connectivity index (χ4v) is 3.01. The van der Waals surface area contributed by atoms with E-state index in [-0.39, 0.29) is 18.3 Å².